The van der Waals surface area contributed by atoms with Crippen LogP contribution in [0.15, 0.2) is 57.4 Å². The molecule has 0 N–H and O–H groups in total. The third kappa shape index (κ3) is 2.51. The summed E-state index contributed by atoms with van der Waals surface area (Å²) in [5.74, 6) is 1.65. The number of rotatable bonds is 3. The van der Waals surface area contributed by atoms with Crippen LogP contribution in [0.1, 0.15) is 11.3 Å². The van der Waals surface area contributed by atoms with Crippen LogP contribution >= 0.6 is 15.9 Å². The van der Waals surface area contributed by atoms with Gasteiger partial charge in [-0.05, 0) is 46.6 Å². The minimum absolute atomic E-state index is 0.427. The van der Waals surface area contributed by atoms with E-state index in [1.807, 2.05) is 55.5 Å². The molecule has 0 bridgehead atoms. The van der Waals surface area contributed by atoms with E-state index in [4.69, 9.17) is 9.15 Å². The van der Waals surface area contributed by atoms with Crippen molar-refractivity contribution in [1.82, 2.24) is 0 Å². The highest BCUT2D eigenvalue weighted by molar-refractivity contribution is 9.10. The van der Waals surface area contributed by atoms with Gasteiger partial charge >= 0.3 is 0 Å². The number of para-hydroxylation sites is 2. The van der Waals surface area contributed by atoms with Gasteiger partial charge < -0.3 is 9.15 Å². The lowest BCUT2D eigenvalue weighted by Gasteiger charge is -2.05. The molecule has 0 aliphatic heterocycles. The zero-order chi connectivity index (χ0) is 13.2. The molecule has 3 aromatic rings. The number of furan rings is 1. The van der Waals surface area contributed by atoms with Gasteiger partial charge in [-0.3, -0.25) is 0 Å². The molecule has 2 aromatic carbocycles. The van der Waals surface area contributed by atoms with Gasteiger partial charge in [0, 0.05) is 5.39 Å². The first kappa shape index (κ1) is 12.3. The fourth-order valence-corrected chi connectivity index (χ4v) is 2.44. The second kappa shape index (κ2) is 5.10. The average molecular weight is 317 g/mol. The molecule has 3 heteroatoms. The molecule has 3 rings (SSSR count). The first-order valence-electron chi connectivity index (χ1n) is 6.09. The number of ether oxygens (including phenoxy) is 1. The lowest BCUT2D eigenvalue weighted by molar-refractivity contribution is 0.273. The van der Waals surface area contributed by atoms with Gasteiger partial charge in [-0.15, -0.1) is 0 Å². The van der Waals surface area contributed by atoms with E-state index in [0.29, 0.717) is 6.61 Å². The van der Waals surface area contributed by atoms with Crippen LogP contribution in [0.4, 0.5) is 0 Å². The van der Waals surface area contributed by atoms with Crippen LogP contribution in [0.2, 0.25) is 0 Å². The Morgan fingerprint density at radius 1 is 1.11 bits per heavy atom. The van der Waals surface area contributed by atoms with E-state index in [9.17, 15) is 0 Å². The molecule has 0 fully saturated rings. The van der Waals surface area contributed by atoms with E-state index in [2.05, 4.69) is 15.9 Å². The van der Waals surface area contributed by atoms with Crippen molar-refractivity contribution in [1.29, 1.82) is 0 Å². The second-order valence-corrected chi connectivity index (χ2v) is 5.28. The standard InChI is InChI=1S/C16H13BrO2/c1-11-5-4-6-12-9-13(19-16(11)12)10-18-15-8-3-2-7-14(15)17/h2-9H,10H2,1H3. The SMILES string of the molecule is Cc1cccc2cc(COc3ccccc3Br)oc12. The molecular formula is C16H13BrO2. The molecule has 0 spiro atoms. The molecule has 0 saturated carbocycles. The predicted octanol–water partition coefficient (Wildman–Crippen LogP) is 5.08. The Balaban J connectivity index is 1.83. The molecule has 0 saturated heterocycles. The Bertz CT molecular complexity index is 716. The van der Waals surface area contributed by atoms with Gasteiger partial charge in [0.05, 0.1) is 4.47 Å². The fraction of sp³-hybridized carbons (Fsp3) is 0.125. The molecule has 1 aromatic heterocycles. The van der Waals surface area contributed by atoms with Gasteiger partial charge in [-0.25, -0.2) is 0 Å². The first-order valence-corrected chi connectivity index (χ1v) is 6.89. The van der Waals surface area contributed by atoms with E-state index in [0.717, 1.165) is 32.5 Å². The summed E-state index contributed by atoms with van der Waals surface area (Å²) in [7, 11) is 0. The maximum absolute atomic E-state index is 5.82. The Labute approximate surface area is 120 Å². The van der Waals surface area contributed by atoms with Crippen molar-refractivity contribution >= 4 is 26.9 Å². The van der Waals surface area contributed by atoms with Gasteiger partial charge in [-0.2, -0.15) is 0 Å². The Hall–Kier alpha value is -1.74. The van der Waals surface area contributed by atoms with Crippen molar-refractivity contribution in [3.05, 3.63) is 64.3 Å². The van der Waals surface area contributed by atoms with E-state index in [1.54, 1.807) is 0 Å². The summed E-state index contributed by atoms with van der Waals surface area (Å²) in [6.07, 6.45) is 0. The predicted molar refractivity (Wildman–Crippen MR) is 79.4 cm³/mol. The lowest BCUT2D eigenvalue weighted by Crippen LogP contribution is -1.93. The molecule has 96 valence electrons. The normalized spacial score (nSPS) is 10.8. The van der Waals surface area contributed by atoms with Crippen LogP contribution in [0.3, 0.4) is 0 Å². The summed E-state index contributed by atoms with van der Waals surface area (Å²) in [5.41, 5.74) is 2.08. The third-order valence-electron chi connectivity index (χ3n) is 3.00. The summed E-state index contributed by atoms with van der Waals surface area (Å²) >= 11 is 3.46. The van der Waals surface area contributed by atoms with Crippen molar-refractivity contribution in [3.8, 4) is 5.75 Å². The van der Waals surface area contributed by atoms with Gasteiger partial charge in [0.1, 0.15) is 23.7 Å². The van der Waals surface area contributed by atoms with Crippen molar-refractivity contribution in [2.24, 2.45) is 0 Å². The average Bonchev–Trinajstić information content (AvgIpc) is 2.82. The summed E-state index contributed by atoms with van der Waals surface area (Å²) in [4.78, 5) is 0. The van der Waals surface area contributed by atoms with Gasteiger partial charge in [-0.1, -0.05) is 30.3 Å². The van der Waals surface area contributed by atoms with Crippen LogP contribution in [0.25, 0.3) is 11.0 Å². The number of halogens is 1. The number of hydrogen-bond donors (Lipinski definition) is 0. The highest BCUT2D eigenvalue weighted by Crippen LogP contribution is 2.27. The van der Waals surface area contributed by atoms with Gasteiger partial charge in [0.25, 0.3) is 0 Å². The van der Waals surface area contributed by atoms with Crippen LogP contribution in [-0.2, 0) is 6.61 Å². The molecule has 0 atom stereocenters. The maximum Gasteiger partial charge on any atom is 0.146 e. The zero-order valence-corrected chi connectivity index (χ0v) is 12.1. The first-order chi connectivity index (χ1) is 9.24. The monoisotopic (exact) mass is 316 g/mol. The van der Waals surface area contributed by atoms with Crippen LogP contribution in [-0.4, -0.2) is 0 Å². The smallest absolute Gasteiger partial charge is 0.146 e. The number of hydrogen-bond acceptors (Lipinski definition) is 2. The highest BCUT2D eigenvalue weighted by Gasteiger charge is 2.07. The third-order valence-corrected chi connectivity index (χ3v) is 3.65. The lowest BCUT2D eigenvalue weighted by atomic mass is 10.2. The summed E-state index contributed by atoms with van der Waals surface area (Å²) in [5, 5.41) is 1.12. The van der Waals surface area contributed by atoms with Crippen molar-refractivity contribution in [2.75, 3.05) is 0 Å². The molecule has 19 heavy (non-hydrogen) atoms. The van der Waals surface area contributed by atoms with Gasteiger partial charge in [0.2, 0.25) is 0 Å². The largest absolute Gasteiger partial charge is 0.484 e. The molecule has 2 nitrogen and oxygen atoms in total. The van der Waals surface area contributed by atoms with E-state index in [-0.39, 0.29) is 0 Å². The van der Waals surface area contributed by atoms with Crippen LogP contribution in [0, 0.1) is 6.92 Å². The maximum atomic E-state index is 5.82. The second-order valence-electron chi connectivity index (χ2n) is 4.43. The molecule has 0 aliphatic carbocycles. The van der Waals surface area contributed by atoms with Crippen LogP contribution in [0.5, 0.6) is 5.75 Å². The topological polar surface area (TPSA) is 22.4 Å². The summed E-state index contributed by atoms with van der Waals surface area (Å²) in [6.45, 7) is 2.47. The molecule has 1 heterocycles. The van der Waals surface area contributed by atoms with E-state index in [1.165, 1.54) is 0 Å². The number of fused-ring (bicyclic) bond motifs is 1. The van der Waals surface area contributed by atoms with Gasteiger partial charge in [0.15, 0.2) is 0 Å². The minimum atomic E-state index is 0.427. The van der Waals surface area contributed by atoms with E-state index >= 15 is 0 Å². The van der Waals surface area contributed by atoms with Crippen molar-refractivity contribution in [2.45, 2.75) is 13.5 Å². The number of benzene rings is 2. The summed E-state index contributed by atoms with van der Waals surface area (Å²) in [6, 6.07) is 15.9. The molecule has 0 amide bonds. The van der Waals surface area contributed by atoms with Crippen molar-refractivity contribution < 1.29 is 9.15 Å². The minimum Gasteiger partial charge on any atom is -0.484 e. The Morgan fingerprint density at radius 2 is 1.95 bits per heavy atom. The zero-order valence-electron chi connectivity index (χ0n) is 10.5. The Morgan fingerprint density at radius 3 is 2.74 bits per heavy atom. The molecule has 0 aliphatic rings. The Kier molecular flexibility index (Phi) is 3.30. The molecule has 0 unspecified atom stereocenters. The molecular weight excluding hydrogens is 304 g/mol. The highest BCUT2D eigenvalue weighted by atomic mass is 79.9. The number of aryl methyl sites for hydroxylation is 1. The quantitative estimate of drug-likeness (QED) is 0.672. The molecule has 0 radical (unpaired) electrons. The van der Waals surface area contributed by atoms with Crippen LogP contribution < -0.4 is 4.74 Å². The fourth-order valence-electron chi connectivity index (χ4n) is 2.04. The summed E-state index contributed by atoms with van der Waals surface area (Å²) < 4.78 is 12.5. The van der Waals surface area contributed by atoms with Crippen molar-refractivity contribution in [3.63, 3.8) is 0 Å². The van der Waals surface area contributed by atoms with E-state index < -0.39 is 0 Å².